The predicted octanol–water partition coefficient (Wildman–Crippen LogP) is 2.36. The predicted molar refractivity (Wildman–Crippen MR) is 62.0 cm³/mol. The monoisotopic (exact) mass is 234 g/mol. The normalized spacial score (nSPS) is 10.2. The van der Waals surface area contributed by atoms with Crippen LogP contribution in [0.2, 0.25) is 0 Å². The molecule has 0 atom stereocenters. The fourth-order valence-electron chi connectivity index (χ4n) is 1.47. The Hall–Kier alpha value is -1.94. The zero-order valence-corrected chi connectivity index (χ0v) is 9.55. The molecule has 0 saturated heterocycles. The van der Waals surface area contributed by atoms with Gasteiger partial charge in [-0.25, -0.2) is 0 Å². The first-order chi connectivity index (χ1) is 8.33. The number of aliphatic hydroxyl groups is 1. The number of methoxy groups -OCH3 is 1. The Morgan fingerprint density at radius 3 is 2.71 bits per heavy atom. The third-order valence-electron chi connectivity index (χ3n) is 2.39. The van der Waals surface area contributed by atoms with E-state index in [1.54, 1.807) is 37.8 Å². The Bertz CT molecular complexity index is 462. The highest BCUT2D eigenvalue weighted by atomic mass is 16.5. The number of furan rings is 1. The number of hydrogen-bond donors (Lipinski definition) is 1. The quantitative estimate of drug-likeness (QED) is 0.862. The number of benzene rings is 1. The highest BCUT2D eigenvalue weighted by Gasteiger charge is 2.06. The summed E-state index contributed by atoms with van der Waals surface area (Å²) >= 11 is 0. The summed E-state index contributed by atoms with van der Waals surface area (Å²) in [5, 5.41) is 9.02. The molecule has 0 aliphatic rings. The van der Waals surface area contributed by atoms with Gasteiger partial charge in [0, 0.05) is 5.56 Å². The van der Waals surface area contributed by atoms with Crippen LogP contribution in [0, 0.1) is 0 Å². The van der Waals surface area contributed by atoms with Crippen molar-refractivity contribution in [3.8, 4) is 11.5 Å². The van der Waals surface area contributed by atoms with Crippen LogP contribution in [0.1, 0.15) is 11.1 Å². The molecule has 1 N–H and O–H groups in total. The van der Waals surface area contributed by atoms with Gasteiger partial charge < -0.3 is 19.0 Å². The molecule has 17 heavy (non-hydrogen) atoms. The van der Waals surface area contributed by atoms with E-state index in [1.807, 2.05) is 6.07 Å². The molecular formula is C13H14O4. The molecule has 0 aliphatic heterocycles. The Labute approximate surface area is 99.4 Å². The molecular weight excluding hydrogens is 220 g/mol. The Morgan fingerprint density at radius 2 is 2.06 bits per heavy atom. The lowest BCUT2D eigenvalue weighted by molar-refractivity contribution is 0.274. The van der Waals surface area contributed by atoms with Crippen molar-refractivity contribution in [2.24, 2.45) is 0 Å². The maximum Gasteiger partial charge on any atom is 0.161 e. The van der Waals surface area contributed by atoms with E-state index >= 15 is 0 Å². The van der Waals surface area contributed by atoms with Gasteiger partial charge >= 0.3 is 0 Å². The molecule has 2 aromatic rings. The Morgan fingerprint density at radius 1 is 1.18 bits per heavy atom. The largest absolute Gasteiger partial charge is 0.493 e. The van der Waals surface area contributed by atoms with Gasteiger partial charge in [0.25, 0.3) is 0 Å². The molecule has 0 unspecified atom stereocenters. The first kappa shape index (κ1) is 11.5. The highest BCUT2D eigenvalue weighted by Crippen LogP contribution is 2.28. The smallest absolute Gasteiger partial charge is 0.161 e. The van der Waals surface area contributed by atoms with Gasteiger partial charge in [0.1, 0.15) is 6.61 Å². The summed E-state index contributed by atoms with van der Waals surface area (Å²) in [6.45, 7) is 0.406. The van der Waals surface area contributed by atoms with Crippen LogP contribution in [-0.2, 0) is 13.2 Å². The number of aliphatic hydroxyl groups excluding tert-OH is 1. The van der Waals surface area contributed by atoms with Crippen LogP contribution in [0.25, 0.3) is 0 Å². The molecule has 2 rings (SSSR count). The SMILES string of the molecule is COc1cc(CO)ccc1OCc1ccoc1. The van der Waals surface area contributed by atoms with Crippen molar-refractivity contribution in [1.29, 1.82) is 0 Å². The topological polar surface area (TPSA) is 51.8 Å². The van der Waals surface area contributed by atoms with Gasteiger partial charge in [-0.05, 0) is 23.8 Å². The minimum Gasteiger partial charge on any atom is -0.493 e. The molecule has 4 heteroatoms. The highest BCUT2D eigenvalue weighted by molar-refractivity contribution is 5.42. The molecule has 0 bridgehead atoms. The van der Waals surface area contributed by atoms with E-state index in [4.69, 9.17) is 19.0 Å². The Kier molecular flexibility index (Phi) is 3.67. The first-order valence-electron chi connectivity index (χ1n) is 5.25. The summed E-state index contributed by atoms with van der Waals surface area (Å²) in [5.74, 6) is 1.26. The third-order valence-corrected chi connectivity index (χ3v) is 2.39. The molecule has 1 aromatic heterocycles. The van der Waals surface area contributed by atoms with Crippen molar-refractivity contribution in [3.63, 3.8) is 0 Å². The first-order valence-corrected chi connectivity index (χ1v) is 5.25. The lowest BCUT2D eigenvalue weighted by Crippen LogP contribution is -1.97. The van der Waals surface area contributed by atoms with E-state index in [2.05, 4.69) is 0 Å². The molecule has 1 aromatic carbocycles. The van der Waals surface area contributed by atoms with Crippen molar-refractivity contribution in [2.45, 2.75) is 13.2 Å². The summed E-state index contributed by atoms with van der Waals surface area (Å²) in [7, 11) is 1.57. The zero-order chi connectivity index (χ0) is 12.1. The standard InChI is InChI=1S/C13H14O4/c1-15-13-6-10(7-14)2-3-12(13)17-9-11-4-5-16-8-11/h2-6,8,14H,7,9H2,1H3. The van der Waals surface area contributed by atoms with Crippen molar-refractivity contribution < 1.29 is 19.0 Å². The third kappa shape index (κ3) is 2.79. The van der Waals surface area contributed by atoms with Crippen molar-refractivity contribution in [3.05, 3.63) is 47.9 Å². The van der Waals surface area contributed by atoms with E-state index in [-0.39, 0.29) is 6.61 Å². The van der Waals surface area contributed by atoms with E-state index in [9.17, 15) is 0 Å². The molecule has 0 amide bonds. The second-order valence-electron chi connectivity index (χ2n) is 3.56. The van der Waals surface area contributed by atoms with Gasteiger partial charge in [-0.3, -0.25) is 0 Å². The molecule has 90 valence electrons. The van der Waals surface area contributed by atoms with Gasteiger partial charge in [-0.2, -0.15) is 0 Å². The van der Waals surface area contributed by atoms with Crippen LogP contribution in [0.5, 0.6) is 11.5 Å². The average molecular weight is 234 g/mol. The summed E-state index contributed by atoms with van der Waals surface area (Å²) in [4.78, 5) is 0. The van der Waals surface area contributed by atoms with Crippen molar-refractivity contribution in [2.75, 3.05) is 7.11 Å². The van der Waals surface area contributed by atoms with Crippen molar-refractivity contribution >= 4 is 0 Å². The summed E-state index contributed by atoms with van der Waals surface area (Å²) in [6.07, 6.45) is 3.24. The molecule has 0 aliphatic carbocycles. The van der Waals surface area contributed by atoms with Crippen molar-refractivity contribution in [1.82, 2.24) is 0 Å². The second kappa shape index (κ2) is 5.41. The Balaban J connectivity index is 2.09. The molecule has 0 spiro atoms. The van der Waals surface area contributed by atoms with Crippen LogP contribution >= 0.6 is 0 Å². The number of ether oxygens (including phenoxy) is 2. The van der Waals surface area contributed by atoms with Crippen LogP contribution in [-0.4, -0.2) is 12.2 Å². The maximum atomic E-state index is 9.02. The van der Waals surface area contributed by atoms with Gasteiger partial charge in [0.2, 0.25) is 0 Å². The zero-order valence-electron chi connectivity index (χ0n) is 9.55. The van der Waals surface area contributed by atoms with Gasteiger partial charge in [0.15, 0.2) is 11.5 Å². The molecule has 0 saturated carbocycles. The number of rotatable bonds is 5. The second-order valence-corrected chi connectivity index (χ2v) is 3.56. The molecule has 1 heterocycles. The van der Waals surface area contributed by atoms with Crippen LogP contribution in [0.3, 0.4) is 0 Å². The van der Waals surface area contributed by atoms with Crippen LogP contribution < -0.4 is 9.47 Å². The minimum absolute atomic E-state index is 0.0155. The van der Waals surface area contributed by atoms with E-state index < -0.39 is 0 Å². The summed E-state index contributed by atoms with van der Waals surface area (Å²) in [5.41, 5.74) is 1.75. The van der Waals surface area contributed by atoms with Gasteiger partial charge in [-0.1, -0.05) is 6.07 Å². The molecule has 0 radical (unpaired) electrons. The average Bonchev–Trinajstić information content (AvgIpc) is 2.89. The summed E-state index contributed by atoms with van der Waals surface area (Å²) in [6, 6.07) is 7.18. The van der Waals surface area contributed by atoms with Gasteiger partial charge in [-0.15, -0.1) is 0 Å². The minimum atomic E-state index is -0.0155. The number of hydrogen-bond acceptors (Lipinski definition) is 4. The van der Waals surface area contributed by atoms with E-state index in [0.717, 1.165) is 11.1 Å². The lowest BCUT2D eigenvalue weighted by atomic mass is 10.2. The van der Waals surface area contributed by atoms with E-state index in [1.165, 1.54) is 0 Å². The molecule has 0 fully saturated rings. The fourth-order valence-corrected chi connectivity index (χ4v) is 1.47. The maximum absolute atomic E-state index is 9.02. The fraction of sp³-hybridized carbons (Fsp3) is 0.231. The summed E-state index contributed by atoms with van der Waals surface area (Å²) < 4.78 is 15.8. The van der Waals surface area contributed by atoms with Crippen LogP contribution in [0.15, 0.2) is 41.2 Å². The van der Waals surface area contributed by atoms with E-state index in [0.29, 0.717) is 18.1 Å². The van der Waals surface area contributed by atoms with Crippen LogP contribution in [0.4, 0.5) is 0 Å². The molecule has 4 nitrogen and oxygen atoms in total. The van der Waals surface area contributed by atoms with Gasteiger partial charge in [0.05, 0.1) is 26.2 Å². The lowest BCUT2D eigenvalue weighted by Gasteiger charge is -2.10.